The molecule has 0 radical (unpaired) electrons. The first-order chi connectivity index (χ1) is 7.24. The molecule has 0 spiro atoms. The van der Waals surface area contributed by atoms with Gasteiger partial charge in [0.15, 0.2) is 0 Å². The topological polar surface area (TPSA) is 67.6 Å². The summed E-state index contributed by atoms with van der Waals surface area (Å²) < 4.78 is 5.18. The van der Waals surface area contributed by atoms with Gasteiger partial charge in [0, 0.05) is 13.1 Å². The Hall–Kier alpha value is -0.300. The van der Waals surface area contributed by atoms with E-state index in [9.17, 15) is 4.79 Å². The number of carbonyl (C=O) groups excluding carboxylic acids is 1. The predicted octanol–water partition coefficient (Wildman–Crippen LogP) is -0.570. The molecular formula is C9H19N3O2S. The first-order valence-electron chi connectivity index (χ1n) is 5.11. The van der Waals surface area contributed by atoms with E-state index in [2.05, 4.69) is 5.43 Å². The summed E-state index contributed by atoms with van der Waals surface area (Å²) in [6, 6.07) is -0.403. The van der Waals surface area contributed by atoms with Crippen molar-refractivity contribution >= 4 is 17.7 Å². The summed E-state index contributed by atoms with van der Waals surface area (Å²) in [7, 11) is 0. The van der Waals surface area contributed by atoms with Gasteiger partial charge in [0.05, 0.1) is 19.3 Å². The highest BCUT2D eigenvalue weighted by atomic mass is 32.2. The number of nitrogens with two attached hydrogens (primary N) is 1. The second-order valence-electron chi connectivity index (χ2n) is 3.46. The SMILES string of the molecule is CSCC[C@@H](N)C(=O)NN1CCOCC1. The van der Waals surface area contributed by atoms with Gasteiger partial charge in [-0.05, 0) is 18.4 Å². The molecule has 1 saturated heterocycles. The normalized spacial score (nSPS) is 19.9. The summed E-state index contributed by atoms with van der Waals surface area (Å²) in [5.41, 5.74) is 8.54. The zero-order valence-corrected chi connectivity index (χ0v) is 9.89. The molecule has 0 aromatic carbocycles. The molecule has 1 aliphatic heterocycles. The van der Waals surface area contributed by atoms with Gasteiger partial charge in [-0.3, -0.25) is 10.2 Å². The van der Waals surface area contributed by atoms with Crippen molar-refractivity contribution in [3.05, 3.63) is 0 Å². The standard InChI is InChI=1S/C9H19N3O2S/c1-15-7-2-8(10)9(13)11-12-3-5-14-6-4-12/h8H,2-7,10H2,1H3,(H,11,13)/t8-/m1/s1. The van der Waals surface area contributed by atoms with Crippen molar-refractivity contribution in [2.45, 2.75) is 12.5 Å². The maximum absolute atomic E-state index is 11.6. The van der Waals surface area contributed by atoms with E-state index in [-0.39, 0.29) is 5.91 Å². The van der Waals surface area contributed by atoms with Gasteiger partial charge in [-0.1, -0.05) is 0 Å². The zero-order valence-electron chi connectivity index (χ0n) is 9.07. The Balaban J connectivity index is 2.20. The molecule has 5 nitrogen and oxygen atoms in total. The summed E-state index contributed by atoms with van der Waals surface area (Å²) in [6.07, 6.45) is 2.73. The van der Waals surface area contributed by atoms with Crippen LogP contribution in [0.2, 0.25) is 0 Å². The summed E-state index contributed by atoms with van der Waals surface area (Å²) in [4.78, 5) is 11.6. The lowest BCUT2D eigenvalue weighted by molar-refractivity contribution is -0.129. The lowest BCUT2D eigenvalue weighted by Crippen LogP contribution is -2.53. The number of nitrogens with zero attached hydrogens (tertiary/aromatic N) is 1. The lowest BCUT2D eigenvalue weighted by atomic mass is 10.2. The van der Waals surface area contributed by atoms with Gasteiger partial charge in [-0.15, -0.1) is 0 Å². The molecule has 0 saturated carbocycles. The Morgan fingerprint density at radius 2 is 2.27 bits per heavy atom. The van der Waals surface area contributed by atoms with Gasteiger partial charge in [0.25, 0.3) is 5.91 Å². The lowest BCUT2D eigenvalue weighted by Gasteiger charge is -2.28. The molecule has 0 aliphatic carbocycles. The van der Waals surface area contributed by atoms with Crippen molar-refractivity contribution in [3.63, 3.8) is 0 Å². The number of carbonyl (C=O) groups is 1. The van der Waals surface area contributed by atoms with Crippen LogP contribution in [-0.4, -0.2) is 55.3 Å². The molecule has 0 aromatic rings. The molecule has 3 N–H and O–H groups in total. The third-order valence-corrected chi connectivity index (χ3v) is 2.89. The van der Waals surface area contributed by atoms with Crippen LogP contribution in [0.3, 0.4) is 0 Å². The van der Waals surface area contributed by atoms with Crippen LogP contribution >= 0.6 is 11.8 Å². The highest BCUT2D eigenvalue weighted by molar-refractivity contribution is 7.98. The number of hydrogen-bond acceptors (Lipinski definition) is 5. The molecule has 1 aliphatic rings. The number of ether oxygens (including phenoxy) is 1. The molecule has 88 valence electrons. The molecule has 1 rings (SSSR count). The summed E-state index contributed by atoms with van der Waals surface area (Å²) in [5, 5.41) is 1.87. The van der Waals surface area contributed by atoms with Crippen LogP contribution < -0.4 is 11.2 Å². The first-order valence-corrected chi connectivity index (χ1v) is 6.51. The van der Waals surface area contributed by atoms with Crippen LogP contribution in [0.5, 0.6) is 0 Å². The average molecular weight is 233 g/mol. The van der Waals surface area contributed by atoms with Gasteiger partial charge in [0.1, 0.15) is 0 Å². The highest BCUT2D eigenvalue weighted by Gasteiger charge is 2.17. The third kappa shape index (κ3) is 4.83. The Labute approximate surface area is 94.7 Å². The summed E-state index contributed by atoms with van der Waals surface area (Å²) in [6.45, 7) is 2.81. The second kappa shape index (κ2) is 7.05. The van der Waals surface area contributed by atoms with E-state index in [4.69, 9.17) is 10.5 Å². The van der Waals surface area contributed by atoms with Crippen LogP contribution in [0.4, 0.5) is 0 Å². The van der Waals surface area contributed by atoms with E-state index < -0.39 is 6.04 Å². The van der Waals surface area contributed by atoms with Crippen molar-refractivity contribution in [2.75, 3.05) is 38.3 Å². The Morgan fingerprint density at radius 3 is 2.87 bits per heavy atom. The average Bonchev–Trinajstić information content (AvgIpc) is 2.27. The Bertz CT molecular complexity index is 198. The van der Waals surface area contributed by atoms with Crippen molar-refractivity contribution in [2.24, 2.45) is 5.73 Å². The van der Waals surface area contributed by atoms with Crippen LogP contribution in [0.25, 0.3) is 0 Å². The smallest absolute Gasteiger partial charge is 0.251 e. The third-order valence-electron chi connectivity index (χ3n) is 2.25. The minimum atomic E-state index is -0.403. The van der Waals surface area contributed by atoms with Crippen molar-refractivity contribution in [1.29, 1.82) is 0 Å². The van der Waals surface area contributed by atoms with E-state index >= 15 is 0 Å². The minimum absolute atomic E-state index is 0.0917. The van der Waals surface area contributed by atoms with Crippen molar-refractivity contribution in [3.8, 4) is 0 Å². The molecule has 0 bridgehead atoms. The highest BCUT2D eigenvalue weighted by Crippen LogP contribution is 1.99. The molecule has 0 aromatic heterocycles. The first kappa shape index (κ1) is 12.8. The zero-order chi connectivity index (χ0) is 11.1. The number of morpholine rings is 1. The molecular weight excluding hydrogens is 214 g/mol. The van der Waals surface area contributed by atoms with E-state index in [1.807, 2.05) is 11.3 Å². The van der Waals surface area contributed by atoms with Crippen LogP contribution in [0.15, 0.2) is 0 Å². The molecule has 6 heteroatoms. The quantitative estimate of drug-likeness (QED) is 0.665. The number of amides is 1. The van der Waals surface area contributed by atoms with Gasteiger partial charge in [-0.25, -0.2) is 5.01 Å². The molecule has 1 heterocycles. The van der Waals surface area contributed by atoms with Crippen LogP contribution in [0, 0.1) is 0 Å². The fourth-order valence-corrected chi connectivity index (χ4v) is 1.78. The van der Waals surface area contributed by atoms with Crippen molar-refractivity contribution < 1.29 is 9.53 Å². The molecule has 15 heavy (non-hydrogen) atoms. The van der Waals surface area contributed by atoms with E-state index in [0.717, 1.165) is 25.3 Å². The minimum Gasteiger partial charge on any atom is -0.379 e. The Kier molecular flexibility index (Phi) is 6.00. The van der Waals surface area contributed by atoms with Gasteiger partial charge >= 0.3 is 0 Å². The van der Waals surface area contributed by atoms with Crippen molar-refractivity contribution in [1.82, 2.24) is 10.4 Å². The summed E-state index contributed by atoms with van der Waals surface area (Å²) in [5.74, 6) is 0.823. The number of rotatable bonds is 5. The molecule has 0 unspecified atom stereocenters. The van der Waals surface area contributed by atoms with Crippen LogP contribution in [0.1, 0.15) is 6.42 Å². The van der Waals surface area contributed by atoms with Gasteiger partial charge < -0.3 is 10.5 Å². The number of nitrogens with one attached hydrogen (secondary N) is 1. The van der Waals surface area contributed by atoms with Gasteiger partial charge in [0.2, 0.25) is 0 Å². The maximum Gasteiger partial charge on any atom is 0.251 e. The number of hydrazine groups is 1. The molecule has 1 fully saturated rings. The summed E-state index contributed by atoms with van der Waals surface area (Å²) >= 11 is 1.70. The fourth-order valence-electron chi connectivity index (χ4n) is 1.29. The van der Waals surface area contributed by atoms with Crippen LogP contribution in [-0.2, 0) is 9.53 Å². The maximum atomic E-state index is 11.6. The number of thioether (sulfide) groups is 1. The van der Waals surface area contributed by atoms with E-state index in [1.165, 1.54) is 0 Å². The predicted molar refractivity (Wildman–Crippen MR) is 61.5 cm³/mol. The number of hydrogen-bond donors (Lipinski definition) is 2. The largest absolute Gasteiger partial charge is 0.379 e. The van der Waals surface area contributed by atoms with Gasteiger partial charge in [-0.2, -0.15) is 11.8 Å². The monoisotopic (exact) mass is 233 g/mol. The second-order valence-corrected chi connectivity index (χ2v) is 4.45. The molecule has 1 amide bonds. The van der Waals surface area contributed by atoms with E-state index in [1.54, 1.807) is 11.8 Å². The fraction of sp³-hybridized carbons (Fsp3) is 0.889. The molecule has 1 atom stereocenters. The van der Waals surface area contributed by atoms with E-state index in [0.29, 0.717) is 13.2 Å². The Morgan fingerprint density at radius 1 is 1.60 bits per heavy atom.